The van der Waals surface area contributed by atoms with E-state index < -0.39 is 18.3 Å². The fourth-order valence-electron chi connectivity index (χ4n) is 1.41. The van der Waals surface area contributed by atoms with Gasteiger partial charge in [-0.05, 0) is 25.3 Å². The highest BCUT2D eigenvalue weighted by atomic mass is 35.5. The number of carbonyl (C=O) groups is 1. The standard InChI is InChI=1S/C10H14ClNO3/c1-6(15-10(12)14)9(13)7-4-2-3-5-8(7)11/h2,4,6,9,13H,3,5H2,1H3,(H2,12,14)/t6-,9-/m1/s1. The first-order valence-corrected chi connectivity index (χ1v) is 5.09. The lowest BCUT2D eigenvalue weighted by molar-refractivity contribution is 0.0364. The van der Waals surface area contributed by atoms with E-state index in [1.807, 2.05) is 6.08 Å². The Labute approximate surface area is 93.4 Å². The molecule has 0 heterocycles. The lowest BCUT2D eigenvalue weighted by atomic mass is 9.99. The van der Waals surface area contributed by atoms with Gasteiger partial charge >= 0.3 is 6.09 Å². The minimum atomic E-state index is -0.929. The summed E-state index contributed by atoms with van der Waals surface area (Å²) in [6.07, 6.45) is 2.70. The van der Waals surface area contributed by atoms with Crippen LogP contribution in [0.5, 0.6) is 0 Å². The molecule has 0 saturated heterocycles. The van der Waals surface area contributed by atoms with Gasteiger partial charge in [0.1, 0.15) is 12.2 Å². The fraction of sp³-hybridized carbons (Fsp3) is 0.500. The van der Waals surface area contributed by atoms with Crippen LogP contribution in [0.25, 0.3) is 0 Å². The Kier molecular flexibility index (Phi) is 4.17. The first-order valence-electron chi connectivity index (χ1n) is 4.71. The molecule has 84 valence electrons. The summed E-state index contributed by atoms with van der Waals surface area (Å²) in [5.41, 5.74) is 5.45. The molecule has 1 aliphatic carbocycles. The van der Waals surface area contributed by atoms with Crippen LogP contribution in [0, 0.1) is 0 Å². The van der Waals surface area contributed by atoms with E-state index in [1.54, 1.807) is 13.0 Å². The Morgan fingerprint density at radius 2 is 2.40 bits per heavy atom. The number of carbonyl (C=O) groups excluding carboxylic acids is 1. The second-order valence-electron chi connectivity index (χ2n) is 3.39. The van der Waals surface area contributed by atoms with Crippen molar-refractivity contribution in [3.63, 3.8) is 0 Å². The average Bonchev–Trinajstić information content (AvgIpc) is 2.16. The van der Waals surface area contributed by atoms with Gasteiger partial charge in [-0.25, -0.2) is 4.79 Å². The second kappa shape index (κ2) is 5.19. The van der Waals surface area contributed by atoms with E-state index in [2.05, 4.69) is 4.74 Å². The monoisotopic (exact) mass is 231 g/mol. The molecule has 1 amide bonds. The molecule has 0 fully saturated rings. The summed E-state index contributed by atoms with van der Waals surface area (Å²) < 4.78 is 4.68. The minimum absolute atomic E-state index is 0.594. The number of hydrogen-bond acceptors (Lipinski definition) is 3. The molecule has 4 nitrogen and oxygen atoms in total. The number of rotatable bonds is 3. The SMILES string of the molecule is C[C@@H](OC(N)=O)[C@@H](O)C1=C(Cl)CCC=C1. The van der Waals surface area contributed by atoms with E-state index in [0.717, 1.165) is 6.42 Å². The molecule has 0 unspecified atom stereocenters. The molecule has 2 atom stereocenters. The Bertz CT molecular complexity index is 312. The number of primary amides is 1. The number of hydrogen-bond donors (Lipinski definition) is 2. The van der Waals surface area contributed by atoms with Crippen LogP contribution in [0.4, 0.5) is 4.79 Å². The first-order chi connectivity index (χ1) is 7.02. The molecule has 1 rings (SSSR count). The number of nitrogens with two attached hydrogens (primary N) is 1. The van der Waals surface area contributed by atoms with Crippen LogP contribution >= 0.6 is 11.6 Å². The third-order valence-electron chi connectivity index (χ3n) is 2.21. The maximum Gasteiger partial charge on any atom is 0.404 e. The molecule has 0 aliphatic heterocycles. The van der Waals surface area contributed by atoms with E-state index in [-0.39, 0.29) is 0 Å². The summed E-state index contributed by atoms with van der Waals surface area (Å²) in [5, 5.41) is 10.4. The predicted octanol–water partition coefficient (Wildman–Crippen LogP) is 1.67. The third kappa shape index (κ3) is 3.25. The maximum atomic E-state index is 10.5. The van der Waals surface area contributed by atoms with Crippen LogP contribution < -0.4 is 5.73 Å². The van der Waals surface area contributed by atoms with Crippen molar-refractivity contribution in [2.24, 2.45) is 5.73 Å². The van der Waals surface area contributed by atoms with Gasteiger partial charge < -0.3 is 15.6 Å². The van der Waals surface area contributed by atoms with Crippen molar-refractivity contribution < 1.29 is 14.6 Å². The van der Waals surface area contributed by atoms with Gasteiger partial charge in [0, 0.05) is 5.03 Å². The summed E-state index contributed by atoms with van der Waals surface area (Å²) in [6, 6.07) is 0. The fourth-order valence-corrected chi connectivity index (χ4v) is 1.70. The quantitative estimate of drug-likeness (QED) is 0.776. The summed E-state index contributed by atoms with van der Waals surface area (Å²) >= 11 is 5.95. The molecule has 0 aromatic heterocycles. The highest BCUT2D eigenvalue weighted by molar-refractivity contribution is 6.30. The van der Waals surface area contributed by atoms with Gasteiger partial charge in [0.25, 0.3) is 0 Å². The van der Waals surface area contributed by atoms with E-state index in [1.165, 1.54) is 0 Å². The van der Waals surface area contributed by atoms with E-state index >= 15 is 0 Å². The highest BCUT2D eigenvalue weighted by Gasteiger charge is 2.23. The number of halogens is 1. The second-order valence-corrected chi connectivity index (χ2v) is 3.84. The van der Waals surface area contributed by atoms with Gasteiger partial charge in [-0.1, -0.05) is 23.8 Å². The van der Waals surface area contributed by atoms with Crippen molar-refractivity contribution in [2.75, 3.05) is 0 Å². The van der Waals surface area contributed by atoms with Crippen LogP contribution in [-0.4, -0.2) is 23.4 Å². The zero-order valence-corrected chi connectivity index (χ0v) is 9.20. The van der Waals surface area contributed by atoms with Gasteiger partial charge in [0.2, 0.25) is 0 Å². The summed E-state index contributed by atoms with van der Waals surface area (Å²) in [4.78, 5) is 10.5. The number of ether oxygens (including phenoxy) is 1. The zero-order chi connectivity index (χ0) is 11.4. The number of aliphatic hydroxyl groups excluding tert-OH is 1. The van der Waals surface area contributed by atoms with Gasteiger partial charge in [-0.15, -0.1) is 0 Å². The predicted molar refractivity (Wildman–Crippen MR) is 57.4 cm³/mol. The van der Waals surface area contributed by atoms with Crippen LogP contribution in [0.3, 0.4) is 0 Å². The van der Waals surface area contributed by atoms with Gasteiger partial charge in [-0.3, -0.25) is 0 Å². The number of amides is 1. The van der Waals surface area contributed by atoms with E-state index in [0.29, 0.717) is 17.0 Å². The molecular formula is C10H14ClNO3. The average molecular weight is 232 g/mol. The van der Waals surface area contributed by atoms with Crippen molar-refractivity contribution in [1.29, 1.82) is 0 Å². The lowest BCUT2D eigenvalue weighted by Crippen LogP contribution is -2.32. The van der Waals surface area contributed by atoms with Gasteiger partial charge in [0.05, 0.1) is 0 Å². The van der Waals surface area contributed by atoms with Crippen LogP contribution in [-0.2, 0) is 4.74 Å². The molecule has 0 saturated carbocycles. The number of allylic oxidation sites excluding steroid dienone is 2. The summed E-state index contributed by atoms with van der Waals surface area (Å²) in [6.45, 7) is 1.56. The molecule has 15 heavy (non-hydrogen) atoms. The van der Waals surface area contributed by atoms with Crippen molar-refractivity contribution in [3.8, 4) is 0 Å². The number of aliphatic hydroxyl groups is 1. The van der Waals surface area contributed by atoms with Crippen LogP contribution in [0.1, 0.15) is 19.8 Å². The summed E-state index contributed by atoms with van der Waals surface area (Å²) in [7, 11) is 0. The molecule has 0 aromatic carbocycles. The van der Waals surface area contributed by atoms with Crippen molar-refractivity contribution in [1.82, 2.24) is 0 Å². The van der Waals surface area contributed by atoms with Crippen LogP contribution in [0.2, 0.25) is 0 Å². The van der Waals surface area contributed by atoms with Crippen molar-refractivity contribution in [3.05, 3.63) is 22.8 Å². The van der Waals surface area contributed by atoms with Crippen LogP contribution in [0.15, 0.2) is 22.8 Å². The van der Waals surface area contributed by atoms with Crippen molar-refractivity contribution >= 4 is 17.7 Å². The largest absolute Gasteiger partial charge is 0.444 e. The molecular weight excluding hydrogens is 218 g/mol. The Hall–Kier alpha value is -1.00. The van der Waals surface area contributed by atoms with E-state index in [9.17, 15) is 9.90 Å². The van der Waals surface area contributed by atoms with Gasteiger partial charge in [0.15, 0.2) is 0 Å². The molecule has 1 aliphatic rings. The molecule has 0 aromatic rings. The smallest absolute Gasteiger partial charge is 0.404 e. The van der Waals surface area contributed by atoms with E-state index in [4.69, 9.17) is 17.3 Å². The lowest BCUT2D eigenvalue weighted by Gasteiger charge is -2.22. The normalized spacial score (nSPS) is 19.9. The Balaban J connectivity index is 2.70. The Morgan fingerprint density at radius 1 is 1.73 bits per heavy atom. The van der Waals surface area contributed by atoms with Crippen molar-refractivity contribution in [2.45, 2.75) is 32.0 Å². The first kappa shape index (κ1) is 12.1. The third-order valence-corrected chi connectivity index (χ3v) is 2.61. The summed E-state index contributed by atoms with van der Waals surface area (Å²) in [5.74, 6) is 0. The minimum Gasteiger partial charge on any atom is -0.444 e. The molecule has 3 N–H and O–H groups in total. The molecule has 0 spiro atoms. The molecule has 5 heteroatoms. The topological polar surface area (TPSA) is 72.5 Å². The zero-order valence-electron chi connectivity index (χ0n) is 8.44. The maximum absolute atomic E-state index is 10.5. The highest BCUT2D eigenvalue weighted by Crippen LogP contribution is 2.26. The van der Waals surface area contributed by atoms with Gasteiger partial charge in [-0.2, -0.15) is 0 Å². The Morgan fingerprint density at radius 3 is 2.93 bits per heavy atom. The molecule has 0 bridgehead atoms. The molecule has 0 radical (unpaired) electrons.